The van der Waals surface area contributed by atoms with Crippen LogP contribution in [-0.2, 0) is 11.2 Å². The average Bonchev–Trinajstić information content (AvgIpc) is 2.72. The third kappa shape index (κ3) is 2.26. The second-order valence-electron chi connectivity index (χ2n) is 8.00. The van der Waals surface area contributed by atoms with E-state index in [9.17, 15) is 5.11 Å². The van der Waals surface area contributed by atoms with Crippen molar-refractivity contribution >= 4 is 32.3 Å². The van der Waals surface area contributed by atoms with Gasteiger partial charge in [-0.3, -0.25) is 4.90 Å². The van der Waals surface area contributed by atoms with E-state index in [4.69, 9.17) is 4.74 Å². The minimum absolute atomic E-state index is 0.0829. The number of aliphatic hydroxyl groups excluding tert-OH is 1. The molecule has 2 atom stereocenters. The van der Waals surface area contributed by atoms with Crippen molar-refractivity contribution in [2.24, 2.45) is 0 Å². The van der Waals surface area contributed by atoms with E-state index in [0.29, 0.717) is 0 Å². The van der Waals surface area contributed by atoms with E-state index in [0.717, 1.165) is 39.1 Å². The van der Waals surface area contributed by atoms with Crippen molar-refractivity contribution < 1.29 is 9.84 Å². The van der Waals surface area contributed by atoms with Crippen LogP contribution in [0.5, 0.6) is 0 Å². The van der Waals surface area contributed by atoms with Gasteiger partial charge in [0.1, 0.15) is 0 Å². The summed E-state index contributed by atoms with van der Waals surface area (Å²) in [7, 11) is 0. The lowest BCUT2D eigenvalue weighted by Crippen LogP contribution is -2.45. The molecule has 0 saturated carbocycles. The lowest BCUT2D eigenvalue weighted by molar-refractivity contribution is -0.0282. The summed E-state index contributed by atoms with van der Waals surface area (Å²) in [5.41, 5.74) is 2.75. The van der Waals surface area contributed by atoms with Crippen LogP contribution in [0.2, 0.25) is 0 Å². The van der Waals surface area contributed by atoms with E-state index in [1.165, 1.54) is 43.4 Å². The van der Waals surface area contributed by atoms with E-state index in [2.05, 4.69) is 53.4 Å². The van der Waals surface area contributed by atoms with Crippen LogP contribution in [0.3, 0.4) is 0 Å². The van der Waals surface area contributed by atoms with Crippen LogP contribution in [0.4, 0.5) is 0 Å². The van der Waals surface area contributed by atoms with Crippen LogP contribution in [0.1, 0.15) is 23.6 Å². The molecule has 0 bridgehead atoms. The van der Waals surface area contributed by atoms with Crippen molar-refractivity contribution in [3.63, 3.8) is 0 Å². The third-order valence-corrected chi connectivity index (χ3v) is 6.61. The molecule has 3 nitrogen and oxygen atoms in total. The molecule has 1 aliphatic carbocycles. The molecule has 1 heterocycles. The van der Waals surface area contributed by atoms with E-state index in [-0.39, 0.29) is 12.1 Å². The zero-order valence-corrected chi connectivity index (χ0v) is 15.3. The second kappa shape index (κ2) is 5.90. The van der Waals surface area contributed by atoms with Crippen LogP contribution in [0.15, 0.2) is 48.5 Å². The number of hydrogen-bond acceptors (Lipinski definition) is 3. The summed E-state index contributed by atoms with van der Waals surface area (Å²) in [6.07, 6.45) is 1.48. The highest BCUT2D eigenvalue weighted by atomic mass is 16.5. The Kier molecular flexibility index (Phi) is 3.46. The van der Waals surface area contributed by atoms with Gasteiger partial charge in [0, 0.05) is 13.1 Å². The SMILES string of the molecule is O[C@H]1CCc2c(cc3ccc4cccc5ccc2c3c45)[C@H]1N1CCOCC1. The molecular formula is C24H23NO2. The summed E-state index contributed by atoms with van der Waals surface area (Å²) < 4.78 is 5.55. The zero-order chi connectivity index (χ0) is 18.0. The molecule has 3 heteroatoms. The third-order valence-electron chi connectivity index (χ3n) is 6.61. The topological polar surface area (TPSA) is 32.7 Å². The number of ether oxygens (including phenoxy) is 1. The molecule has 0 radical (unpaired) electrons. The molecule has 1 N–H and O–H groups in total. The first-order valence-corrected chi connectivity index (χ1v) is 10.0. The van der Waals surface area contributed by atoms with Gasteiger partial charge in [-0.15, -0.1) is 0 Å². The Balaban J connectivity index is 1.65. The monoisotopic (exact) mass is 357 g/mol. The van der Waals surface area contributed by atoms with Crippen LogP contribution in [0, 0.1) is 0 Å². The van der Waals surface area contributed by atoms with Gasteiger partial charge in [0.15, 0.2) is 0 Å². The van der Waals surface area contributed by atoms with Crippen molar-refractivity contribution in [3.8, 4) is 0 Å². The predicted molar refractivity (Wildman–Crippen MR) is 110 cm³/mol. The van der Waals surface area contributed by atoms with Crippen molar-refractivity contribution in [1.82, 2.24) is 4.90 Å². The summed E-state index contributed by atoms with van der Waals surface area (Å²) >= 11 is 0. The van der Waals surface area contributed by atoms with Gasteiger partial charge in [-0.2, -0.15) is 0 Å². The highest BCUT2D eigenvalue weighted by Gasteiger charge is 2.35. The van der Waals surface area contributed by atoms with Gasteiger partial charge in [-0.05, 0) is 62.4 Å². The average molecular weight is 357 g/mol. The molecule has 4 aromatic rings. The van der Waals surface area contributed by atoms with E-state index in [1.54, 1.807) is 0 Å². The number of aliphatic hydroxyl groups is 1. The summed E-state index contributed by atoms with van der Waals surface area (Å²) in [5, 5.41) is 18.9. The summed E-state index contributed by atoms with van der Waals surface area (Å²) in [5.74, 6) is 0. The van der Waals surface area contributed by atoms with Crippen LogP contribution < -0.4 is 0 Å². The molecule has 27 heavy (non-hydrogen) atoms. The molecular weight excluding hydrogens is 334 g/mol. The second-order valence-corrected chi connectivity index (χ2v) is 8.00. The maximum Gasteiger partial charge on any atom is 0.0740 e. The Morgan fingerprint density at radius 2 is 1.63 bits per heavy atom. The molecule has 6 rings (SSSR count). The standard InChI is InChI=1S/C24H23NO2/c26-21-9-8-18-19-7-6-16-3-1-2-15-4-5-17(23(19)22(15)16)14-20(18)24(21)25-10-12-27-13-11-25/h1-7,14,21,24,26H,8-13H2/t21-,24+/m0/s1. The first kappa shape index (κ1) is 15.8. The first-order chi connectivity index (χ1) is 13.3. The number of benzene rings is 4. The van der Waals surface area contributed by atoms with Gasteiger partial charge < -0.3 is 9.84 Å². The Morgan fingerprint density at radius 1 is 0.889 bits per heavy atom. The minimum atomic E-state index is -0.302. The molecule has 0 amide bonds. The lowest BCUT2D eigenvalue weighted by Gasteiger charge is -2.41. The van der Waals surface area contributed by atoms with Crippen LogP contribution in [-0.4, -0.2) is 42.4 Å². The van der Waals surface area contributed by atoms with Crippen molar-refractivity contribution in [2.45, 2.75) is 25.0 Å². The highest BCUT2D eigenvalue weighted by Crippen LogP contribution is 2.43. The number of rotatable bonds is 1. The number of morpholine rings is 1. The summed E-state index contributed by atoms with van der Waals surface area (Å²) in [6.45, 7) is 3.30. The summed E-state index contributed by atoms with van der Waals surface area (Å²) in [4.78, 5) is 2.42. The molecule has 1 fully saturated rings. The molecule has 0 aromatic heterocycles. The van der Waals surface area contributed by atoms with Gasteiger partial charge in [-0.1, -0.05) is 42.5 Å². The number of aryl methyl sites for hydroxylation is 1. The van der Waals surface area contributed by atoms with E-state index in [1.807, 2.05) is 0 Å². The normalized spacial score (nSPS) is 24.0. The fraction of sp³-hybridized carbons (Fsp3) is 0.333. The van der Waals surface area contributed by atoms with Gasteiger partial charge >= 0.3 is 0 Å². The Hall–Kier alpha value is -2.20. The van der Waals surface area contributed by atoms with Crippen molar-refractivity contribution in [1.29, 1.82) is 0 Å². The molecule has 1 saturated heterocycles. The van der Waals surface area contributed by atoms with Gasteiger partial charge in [0.05, 0.1) is 25.4 Å². The molecule has 136 valence electrons. The van der Waals surface area contributed by atoms with E-state index < -0.39 is 0 Å². The number of fused-ring (bicyclic) bond motifs is 2. The largest absolute Gasteiger partial charge is 0.391 e. The summed E-state index contributed by atoms with van der Waals surface area (Å²) in [6, 6.07) is 18.0. The maximum atomic E-state index is 10.9. The smallest absolute Gasteiger partial charge is 0.0740 e. The molecule has 1 aliphatic heterocycles. The Bertz CT molecular complexity index is 1130. The fourth-order valence-corrected chi connectivity index (χ4v) is 5.39. The maximum absolute atomic E-state index is 10.9. The Morgan fingerprint density at radius 3 is 2.44 bits per heavy atom. The van der Waals surface area contributed by atoms with Crippen LogP contribution in [0.25, 0.3) is 32.3 Å². The highest BCUT2D eigenvalue weighted by molar-refractivity contribution is 6.23. The predicted octanol–water partition coefficient (Wildman–Crippen LogP) is 4.26. The first-order valence-electron chi connectivity index (χ1n) is 10.0. The van der Waals surface area contributed by atoms with Crippen molar-refractivity contribution in [3.05, 3.63) is 59.7 Å². The molecule has 0 spiro atoms. The van der Waals surface area contributed by atoms with Gasteiger partial charge in [-0.25, -0.2) is 0 Å². The van der Waals surface area contributed by atoms with Gasteiger partial charge in [0.2, 0.25) is 0 Å². The van der Waals surface area contributed by atoms with Crippen LogP contribution >= 0.6 is 0 Å². The fourth-order valence-electron chi connectivity index (χ4n) is 5.39. The van der Waals surface area contributed by atoms with Gasteiger partial charge in [0.25, 0.3) is 0 Å². The molecule has 4 aromatic carbocycles. The minimum Gasteiger partial charge on any atom is -0.391 e. The van der Waals surface area contributed by atoms with Crippen molar-refractivity contribution in [2.75, 3.05) is 26.3 Å². The number of hydrogen-bond donors (Lipinski definition) is 1. The zero-order valence-electron chi connectivity index (χ0n) is 15.3. The van der Waals surface area contributed by atoms with E-state index >= 15 is 0 Å². The number of nitrogens with zero attached hydrogens (tertiary/aromatic N) is 1. The molecule has 0 unspecified atom stereocenters. The molecule has 2 aliphatic rings. The Labute approximate surface area is 158 Å². The quantitative estimate of drug-likeness (QED) is 0.517. The lowest BCUT2D eigenvalue weighted by atomic mass is 9.79.